The van der Waals surface area contributed by atoms with Crippen molar-refractivity contribution in [3.8, 4) is 0 Å². The minimum atomic E-state index is -0.169. The summed E-state index contributed by atoms with van der Waals surface area (Å²) >= 11 is 0. The highest BCUT2D eigenvalue weighted by atomic mass is 16.5. The molecular formula is C17H25N3O2. The van der Waals surface area contributed by atoms with Crippen molar-refractivity contribution < 1.29 is 9.53 Å². The molecule has 22 heavy (non-hydrogen) atoms. The number of nitrogens with one attached hydrogen (secondary N) is 2. The van der Waals surface area contributed by atoms with Gasteiger partial charge in [-0.3, -0.25) is 4.79 Å². The highest BCUT2D eigenvalue weighted by Crippen LogP contribution is 2.22. The van der Waals surface area contributed by atoms with Crippen LogP contribution in [-0.4, -0.2) is 50.2 Å². The maximum absolute atomic E-state index is 12.4. The van der Waals surface area contributed by atoms with Gasteiger partial charge in [-0.05, 0) is 56.1 Å². The Morgan fingerprint density at radius 2 is 2.27 bits per heavy atom. The Hall–Kier alpha value is -1.43. The summed E-state index contributed by atoms with van der Waals surface area (Å²) in [5.41, 5.74) is 3.60. The van der Waals surface area contributed by atoms with E-state index >= 15 is 0 Å². The first-order chi connectivity index (χ1) is 10.7. The second-order valence-electron chi connectivity index (χ2n) is 6.35. The molecule has 5 nitrogen and oxygen atoms in total. The third-order valence-corrected chi connectivity index (χ3v) is 4.68. The number of ether oxygens (including phenoxy) is 1. The van der Waals surface area contributed by atoms with Gasteiger partial charge in [0.05, 0.1) is 12.1 Å². The van der Waals surface area contributed by atoms with E-state index in [2.05, 4.69) is 34.7 Å². The lowest BCUT2D eigenvalue weighted by Gasteiger charge is -2.29. The van der Waals surface area contributed by atoms with Gasteiger partial charge in [-0.1, -0.05) is 6.07 Å². The Morgan fingerprint density at radius 1 is 1.41 bits per heavy atom. The number of fused-ring (bicyclic) bond motifs is 1. The zero-order valence-corrected chi connectivity index (χ0v) is 13.4. The van der Waals surface area contributed by atoms with Crippen LogP contribution in [0.5, 0.6) is 0 Å². The Bertz CT molecular complexity index is 547. The lowest BCUT2D eigenvalue weighted by molar-refractivity contribution is -0.119. The fourth-order valence-electron chi connectivity index (χ4n) is 3.30. The lowest BCUT2D eigenvalue weighted by atomic mass is 9.98. The third-order valence-electron chi connectivity index (χ3n) is 4.68. The summed E-state index contributed by atoms with van der Waals surface area (Å²) in [5, 5.41) is 6.32. The van der Waals surface area contributed by atoms with Gasteiger partial charge in [0.15, 0.2) is 0 Å². The largest absolute Gasteiger partial charge is 0.381 e. The van der Waals surface area contributed by atoms with Gasteiger partial charge in [0, 0.05) is 25.9 Å². The second-order valence-corrected chi connectivity index (χ2v) is 6.35. The highest BCUT2D eigenvalue weighted by Gasteiger charge is 2.27. The van der Waals surface area contributed by atoms with Gasteiger partial charge in [0.25, 0.3) is 0 Å². The van der Waals surface area contributed by atoms with E-state index in [1.807, 2.05) is 6.07 Å². The molecule has 1 fully saturated rings. The molecule has 2 aliphatic rings. The molecule has 1 saturated heterocycles. The number of hydrogen-bond acceptors (Lipinski definition) is 4. The van der Waals surface area contributed by atoms with E-state index < -0.39 is 0 Å². The molecule has 120 valence electrons. The van der Waals surface area contributed by atoms with Crippen molar-refractivity contribution in [2.24, 2.45) is 0 Å². The zero-order chi connectivity index (χ0) is 15.5. The smallest absolute Gasteiger partial charge is 0.241 e. The van der Waals surface area contributed by atoms with Crippen LogP contribution >= 0.6 is 0 Å². The molecule has 2 aliphatic heterocycles. The molecule has 0 spiro atoms. The number of likely N-dealkylation sites (N-methyl/N-ethyl adjacent to an activating group) is 1. The molecule has 2 unspecified atom stereocenters. The van der Waals surface area contributed by atoms with Crippen molar-refractivity contribution in [1.29, 1.82) is 0 Å². The van der Waals surface area contributed by atoms with E-state index in [4.69, 9.17) is 4.74 Å². The maximum Gasteiger partial charge on any atom is 0.241 e. The van der Waals surface area contributed by atoms with Crippen LogP contribution in [-0.2, 0) is 22.5 Å². The minimum absolute atomic E-state index is 0.0332. The van der Waals surface area contributed by atoms with Crippen molar-refractivity contribution in [2.45, 2.75) is 38.0 Å². The first-order valence-corrected chi connectivity index (χ1v) is 8.03. The number of hydrogen-bond donors (Lipinski definition) is 2. The number of carbonyl (C=O) groups excluding carboxylic acids is 1. The molecule has 0 saturated carbocycles. The third kappa shape index (κ3) is 3.48. The van der Waals surface area contributed by atoms with E-state index in [0.717, 1.165) is 44.6 Å². The number of anilines is 1. The summed E-state index contributed by atoms with van der Waals surface area (Å²) in [6, 6.07) is 6.10. The average Bonchev–Trinajstić information content (AvgIpc) is 2.54. The second kappa shape index (κ2) is 6.77. The summed E-state index contributed by atoms with van der Waals surface area (Å²) in [7, 11) is 3.84. The molecule has 1 aromatic rings. The van der Waals surface area contributed by atoms with Crippen LogP contribution in [0.4, 0.5) is 5.69 Å². The van der Waals surface area contributed by atoms with Crippen LogP contribution in [0.1, 0.15) is 24.0 Å². The van der Waals surface area contributed by atoms with Crippen LogP contribution < -0.4 is 10.6 Å². The number of piperidine rings is 1. The summed E-state index contributed by atoms with van der Waals surface area (Å²) in [6.45, 7) is 2.88. The molecular weight excluding hydrogens is 278 g/mol. The van der Waals surface area contributed by atoms with Gasteiger partial charge in [-0.2, -0.15) is 0 Å². The summed E-state index contributed by atoms with van der Waals surface area (Å²) in [4.78, 5) is 14.7. The van der Waals surface area contributed by atoms with Gasteiger partial charge in [-0.25, -0.2) is 0 Å². The standard InChI is InChI=1S/C17H25N3O2/c1-20-8-6-12-3-4-14(9-13(12)11-20)19-17(21)16-10-15(22-2)5-7-18-16/h3-4,9,15-16,18H,5-8,10-11H2,1-2H3,(H,19,21). The quantitative estimate of drug-likeness (QED) is 0.886. The summed E-state index contributed by atoms with van der Waals surface area (Å²) in [6.07, 6.45) is 2.95. The normalized spacial score (nSPS) is 25.5. The van der Waals surface area contributed by atoms with Crippen molar-refractivity contribution in [1.82, 2.24) is 10.2 Å². The number of amides is 1. The molecule has 1 amide bonds. The predicted octanol–water partition coefficient (Wildman–Crippen LogP) is 1.38. The van der Waals surface area contributed by atoms with E-state index in [9.17, 15) is 4.79 Å². The SMILES string of the molecule is COC1CCNC(C(=O)Nc2ccc3c(c2)CN(C)CC3)C1. The number of rotatable bonds is 3. The number of nitrogens with zero attached hydrogens (tertiary/aromatic N) is 1. The van der Waals surface area contributed by atoms with Crippen LogP contribution in [0.3, 0.4) is 0 Å². The van der Waals surface area contributed by atoms with Crippen LogP contribution in [0.25, 0.3) is 0 Å². The summed E-state index contributed by atoms with van der Waals surface area (Å²) in [5.74, 6) is 0.0332. The molecule has 2 heterocycles. The first kappa shape index (κ1) is 15.5. The summed E-state index contributed by atoms with van der Waals surface area (Å²) < 4.78 is 5.38. The van der Waals surface area contributed by atoms with E-state index in [0.29, 0.717) is 0 Å². The number of methoxy groups -OCH3 is 1. The Labute approximate surface area is 132 Å². The van der Waals surface area contributed by atoms with Crippen LogP contribution in [0.2, 0.25) is 0 Å². The number of benzene rings is 1. The van der Waals surface area contributed by atoms with Gasteiger partial charge in [0.2, 0.25) is 5.91 Å². The van der Waals surface area contributed by atoms with E-state index in [1.54, 1.807) is 7.11 Å². The zero-order valence-electron chi connectivity index (χ0n) is 13.4. The molecule has 3 rings (SSSR count). The molecule has 0 bridgehead atoms. The first-order valence-electron chi connectivity index (χ1n) is 8.03. The molecule has 0 radical (unpaired) electrons. The van der Waals surface area contributed by atoms with Gasteiger partial charge in [-0.15, -0.1) is 0 Å². The molecule has 0 aromatic heterocycles. The van der Waals surface area contributed by atoms with Crippen molar-refractivity contribution >= 4 is 11.6 Å². The highest BCUT2D eigenvalue weighted by molar-refractivity contribution is 5.95. The fraction of sp³-hybridized carbons (Fsp3) is 0.588. The van der Waals surface area contributed by atoms with Crippen molar-refractivity contribution in [3.05, 3.63) is 29.3 Å². The van der Waals surface area contributed by atoms with Crippen molar-refractivity contribution in [2.75, 3.05) is 32.6 Å². The van der Waals surface area contributed by atoms with Crippen LogP contribution in [0.15, 0.2) is 18.2 Å². The topological polar surface area (TPSA) is 53.6 Å². The molecule has 5 heteroatoms. The van der Waals surface area contributed by atoms with Crippen molar-refractivity contribution in [3.63, 3.8) is 0 Å². The van der Waals surface area contributed by atoms with E-state index in [-0.39, 0.29) is 18.1 Å². The predicted molar refractivity (Wildman–Crippen MR) is 86.9 cm³/mol. The monoisotopic (exact) mass is 303 g/mol. The maximum atomic E-state index is 12.4. The minimum Gasteiger partial charge on any atom is -0.381 e. The number of carbonyl (C=O) groups is 1. The molecule has 1 aromatic carbocycles. The Kier molecular flexibility index (Phi) is 4.76. The molecule has 2 atom stereocenters. The van der Waals surface area contributed by atoms with E-state index in [1.165, 1.54) is 11.1 Å². The Balaban J connectivity index is 1.65. The van der Waals surface area contributed by atoms with Crippen LogP contribution in [0, 0.1) is 0 Å². The Morgan fingerprint density at radius 3 is 3.09 bits per heavy atom. The molecule has 0 aliphatic carbocycles. The van der Waals surface area contributed by atoms with Gasteiger partial charge >= 0.3 is 0 Å². The van der Waals surface area contributed by atoms with Gasteiger partial charge in [0.1, 0.15) is 0 Å². The molecule has 2 N–H and O–H groups in total. The lowest BCUT2D eigenvalue weighted by Crippen LogP contribution is -2.48. The fourth-order valence-corrected chi connectivity index (χ4v) is 3.30. The average molecular weight is 303 g/mol. The van der Waals surface area contributed by atoms with Gasteiger partial charge < -0.3 is 20.3 Å².